The first-order chi connectivity index (χ1) is 7.74. The zero-order chi connectivity index (χ0) is 13.2. The van der Waals surface area contributed by atoms with E-state index >= 15 is 0 Å². The molecule has 17 heavy (non-hydrogen) atoms. The normalized spacial score (nSPS) is 27.1. The highest BCUT2D eigenvalue weighted by atomic mass is 16.6. The van der Waals surface area contributed by atoms with Gasteiger partial charge in [0.15, 0.2) is 0 Å². The smallest absolute Gasteiger partial charge is 0.410 e. The molecule has 1 rings (SSSR count). The molecular weight excluding hydrogens is 216 g/mol. The Balaban J connectivity index is 2.60. The lowest BCUT2D eigenvalue weighted by Gasteiger charge is -2.44. The third-order valence-corrected chi connectivity index (χ3v) is 3.12. The van der Waals surface area contributed by atoms with Gasteiger partial charge in [-0.2, -0.15) is 0 Å². The highest BCUT2D eigenvalue weighted by Gasteiger charge is 2.32. The molecule has 4 heteroatoms. The molecule has 0 radical (unpaired) electrons. The third kappa shape index (κ3) is 3.87. The predicted octanol–water partition coefficient (Wildman–Crippen LogP) is 2.34. The van der Waals surface area contributed by atoms with E-state index in [-0.39, 0.29) is 6.09 Å². The SMILES string of the molecule is CCN1[C@@H](C)CN(C(=O)OC(C)(C)C)C[C@@H]1C. The molecule has 0 saturated carbocycles. The van der Waals surface area contributed by atoms with Crippen LogP contribution in [0, 0.1) is 0 Å². The van der Waals surface area contributed by atoms with Crippen molar-refractivity contribution in [1.29, 1.82) is 0 Å². The van der Waals surface area contributed by atoms with Crippen LogP contribution in [0.3, 0.4) is 0 Å². The Bertz CT molecular complexity index is 261. The Morgan fingerprint density at radius 1 is 1.24 bits per heavy atom. The largest absolute Gasteiger partial charge is 0.444 e. The molecule has 0 aliphatic carbocycles. The minimum Gasteiger partial charge on any atom is -0.444 e. The molecular formula is C13H26N2O2. The Morgan fingerprint density at radius 3 is 2.06 bits per heavy atom. The zero-order valence-electron chi connectivity index (χ0n) is 12.0. The number of carbonyl (C=O) groups is 1. The molecule has 1 aliphatic rings. The molecule has 0 spiro atoms. The summed E-state index contributed by atoms with van der Waals surface area (Å²) in [4.78, 5) is 16.2. The Labute approximate surface area is 105 Å². The monoisotopic (exact) mass is 242 g/mol. The highest BCUT2D eigenvalue weighted by Crippen LogP contribution is 2.18. The van der Waals surface area contributed by atoms with E-state index in [9.17, 15) is 4.79 Å². The average Bonchev–Trinajstić information content (AvgIpc) is 2.14. The number of piperazine rings is 1. The van der Waals surface area contributed by atoms with E-state index in [1.165, 1.54) is 0 Å². The summed E-state index contributed by atoms with van der Waals surface area (Å²) in [7, 11) is 0. The molecule has 100 valence electrons. The number of ether oxygens (including phenoxy) is 1. The number of likely N-dealkylation sites (N-methyl/N-ethyl adjacent to an activating group) is 1. The Morgan fingerprint density at radius 2 is 1.71 bits per heavy atom. The lowest BCUT2D eigenvalue weighted by atomic mass is 10.1. The van der Waals surface area contributed by atoms with Gasteiger partial charge in [-0.25, -0.2) is 4.79 Å². The molecule has 0 N–H and O–H groups in total. The number of hydrogen-bond donors (Lipinski definition) is 0. The van der Waals surface area contributed by atoms with Crippen LogP contribution in [0.2, 0.25) is 0 Å². The zero-order valence-corrected chi connectivity index (χ0v) is 12.0. The second kappa shape index (κ2) is 5.25. The molecule has 1 fully saturated rings. The summed E-state index contributed by atoms with van der Waals surface area (Å²) in [5, 5.41) is 0. The summed E-state index contributed by atoms with van der Waals surface area (Å²) in [6, 6.07) is 0.799. The van der Waals surface area contributed by atoms with Gasteiger partial charge in [-0.3, -0.25) is 4.90 Å². The molecule has 0 aromatic rings. The van der Waals surface area contributed by atoms with E-state index in [1.807, 2.05) is 25.7 Å². The topological polar surface area (TPSA) is 32.8 Å². The highest BCUT2D eigenvalue weighted by molar-refractivity contribution is 5.68. The second-order valence-electron chi connectivity index (χ2n) is 5.91. The summed E-state index contributed by atoms with van der Waals surface area (Å²) >= 11 is 0. The van der Waals surface area contributed by atoms with Gasteiger partial charge in [0.05, 0.1) is 0 Å². The summed E-state index contributed by atoms with van der Waals surface area (Å²) in [6.45, 7) is 14.7. The van der Waals surface area contributed by atoms with Crippen molar-refractivity contribution in [2.75, 3.05) is 19.6 Å². The van der Waals surface area contributed by atoms with E-state index in [4.69, 9.17) is 4.74 Å². The van der Waals surface area contributed by atoms with Gasteiger partial charge in [-0.05, 0) is 41.2 Å². The Hall–Kier alpha value is -0.770. The maximum absolute atomic E-state index is 12.0. The van der Waals surface area contributed by atoms with Crippen LogP contribution in [0.5, 0.6) is 0 Å². The van der Waals surface area contributed by atoms with E-state index in [1.54, 1.807) is 0 Å². The standard InChI is InChI=1S/C13H26N2O2/c1-7-15-10(2)8-14(9-11(15)3)12(16)17-13(4,5)6/h10-11H,7-9H2,1-6H3/t10-,11-/m0/s1. The molecule has 1 saturated heterocycles. The van der Waals surface area contributed by atoms with Crippen LogP contribution in [-0.4, -0.2) is 53.2 Å². The molecule has 2 atom stereocenters. The maximum atomic E-state index is 12.0. The molecule has 1 aliphatic heterocycles. The summed E-state index contributed by atoms with van der Waals surface area (Å²) in [5.41, 5.74) is -0.411. The van der Waals surface area contributed by atoms with Crippen molar-refractivity contribution in [1.82, 2.24) is 9.80 Å². The van der Waals surface area contributed by atoms with Crippen LogP contribution >= 0.6 is 0 Å². The number of carbonyl (C=O) groups excluding carboxylic acids is 1. The van der Waals surface area contributed by atoms with Gasteiger partial charge < -0.3 is 9.64 Å². The van der Waals surface area contributed by atoms with Gasteiger partial charge in [-0.1, -0.05) is 6.92 Å². The van der Waals surface area contributed by atoms with Crippen LogP contribution in [0.4, 0.5) is 4.79 Å². The molecule has 0 unspecified atom stereocenters. The van der Waals surface area contributed by atoms with Crippen molar-refractivity contribution in [2.45, 2.75) is 59.2 Å². The molecule has 0 bridgehead atoms. The predicted molar refractivity (Wildman–Crippen MR) is 69.1 cm³/mol. The molecule has 0 aromatic carbocycles. The molecule has 1 amide bonds. The summed E-state index contributed by atoms with van der Waals surface area (Å²) in [5.74, 6) is 0. The summed E-state index contributed by atoms with van der Waals surface area (Å²) in [6.07, 6.45) is -0.188. The van der Waals surface area contributed by atoms with Crippen molar-refractivity contribution in [3.8, 4) is 0 Å². The fourth-order valence-electron chi connectivity index (χ4n) is 2.46. The fraction of sp³-hybridized carbons (Fsp3) is 0.923. The Kier molecular flexibility index (Phi) is 4.42. The lowest BCUT2D eigenvalue weighted by molar-refractivity contribution is -0.00618. The minimum atomic E-state index is -0.411. The van der Waals surface area contributed by atoms with Gasteiger partial charge in [0.2, 0.25) is 0 Å². The minimum absolute atomic E-state index is 0.188. The second-order valence-corrected chi connectivity index (χ2v) is 5.91. The summed E-state index contributed by atoms with van der Waals surface area (Å²) < 4.78 is 5.41. The van der Waals surface area contributed by atoms with Crippen LogP contribution in [-0.2, 0) is 4.74 Å². The lowest BCUT2D eigenvalue weighted by Crippen LogP contribution is -2.58. The van der Waals surface area contributed by atoms with E-state index < -0.39 is 5.60 Å². The first-order valence-corrected chi connectivity index (χ1v) is 6.48. The number of rotatable bonds is 1. The quantitative estimate of drug-likeness (QED) is 0.707. The van der Waals surface area contributed by atoms with Crippen molar-refractivity contribution >= 4 is 6.09 Å². The number of amides is 1. The van der Waals surface area contributed by atoms with Crippen LogP contribution in [0.15, 0.2) is 0 Å². The first kappa shape index (κ1) is 14.3. The molecule has 0 aromatic heterocycles. The molecule has 1 heterocycles. The number of hydrogen-bond acceptors (Lipinski definition) is 3. The van der Waals surface area contributed by atoms with E-state index in [0.29, 0.717) is 12.1 Å². The van der Waals surface area contributed by atoms with Crippen LogP contribution in [0.25, 0.3) is 0 Å². The van der Waals surface area contributed by atoms with Gasteiger partial charge >= 0.3 is 6.09 Å². The number of nitrogens with zero attached hydrogens (tertiary/aromatic N) is 2. The van der Waals surface area contributed by atoms with Gasteiger partial charge in [0, 0.05) is 25.2 Å². The first-order valence-electron chi connectivity index (χ1n) is 6.48. The van der Waals surface area contributed by atoms with Gasteiger partial charge in [0.1, 0.15) is 5.60 Å². The van der Waals surface area contributed by atoms with Crippen molar-refractivity contribution in [3.05, 3.63) is 0 Å². The van der Waals surface area contributed by atoms with E-state index in [2.05, 4.69) is 25.7 Å². The van der Waals surface area contributed by atoms with Crippen LogP contribution < -0.4 is 0 Å². The van der Waals surface area contributed by atoms with Gasteiger partial charge in [-0.15, -0.1) is 0 Å². The average molecular weight is 242 g/mol. The van der Waals surface area contributed by atoms with Crippen molar-refractivity contribution < 1.29 is 9.53 Å². The van der Waals surface area contributed by atoms with E-state index in [0.717, 1.165) is 19.6 Å². The molecule has 4 nitrogen and oxygen atoms in total. The van der Waals surface area contributed by atoms with Crippen molar-refractivity contribution in [2.24, 2.45) is 0 Å². The van der Waals surface area contributed by atoms with Crippen molar-refractivity contribution in [3.63, 3.8) is 0 Å². The van der Waals surface area contributed by atoms with Crippen LogP contribution in [0.1, 0.15) is 41.5 Å². The maximum Gasteiger partial charge on any atom is 0.410 e. The van der Waals surface area contributed by atoms with Gasteiger partial charge in [0.25, 0.3) is 0 Å². The fourth-order valence-corrected chi connectivity index (χ4v) is 2.46. The third-order valence-electron chi connectivity index (χ3n) is 3.12.